The Morgan fingerprint density at radius 2 is 1.87 bits per heavy atom. The zero-order valence-electron chi connectivity index (χ0n) is 22.3. The van der Waals surface area contributed by atoms with Crippen molar-refractivity contribution in [1.29, 1.82) is 0 Å². The number of nitrogens with one attached hydrogen (secondary N) is 1. The maximum Gasteiger partial charge on any atom is 0.407 e. The molecule has 2 saturated heterocycles. The van der Waals surface area contributed by atoms with Gasteiger partial charge < -0.3 is 33.9 Å². The first-order valence-corrected chi connectivity index (χ1v) is 14.3. The van der Waals surface area contributed by atoms with Gasteiger partial charge in [-0.25, -0.2) is 9.10 Å². The van der Waals surface area contributed by atoms with E-state index in [2.05, 4.69) is 5.32 Å². The van der Waals surface area contributed by atoms with Crippen molar-refractivity contribution in [3.8, 4) is 5.75 Å². The van der Waals surface area contributed by atoms with Gasteiger partial charge in [-0.2, -0.15) is 0 Å². The second kappa shape index (κ2) is 14.2. The molecule has 0 bridgehead atoms. The van der Waals surface area contributed by atoms with Crippen molar-refractivity contribution in [2.45, 2.75) is 57.8 Å². The summed E-state index contributed by atoms with van der Waals surface area (Å²) in [7, 11) is 0. The average molecular weight is 562 g/mol. The third kappa shape index (κ3) is 8.72. The molecule has 1 unspecified atom stereocenters. The minimum Gasteiger partial charge on any atom is -0.760 e. The summed E-state index contributed by atoms with van der Waals surface area (Å²) in [6.07, 6.45) is -1.67. The topological polar surface area (TPSA) is 130 Å². The van der Waals surface area contributed by atoms with Gasteiger partial charge in [0.15, 0.2) is 6.29 Å². The molecule has 11 heteroatoms. The van der Waals surface area contributed by atoms with E-state index in [0.29, 0.717) is 19.0 Å². The molecule has 2 N–H and O–H groups in total. The maximum absolute atomic E-state index is 12.9. The van der Waals surface area contributed by atoms with Crippen LogP contribution in [0.2, 0.25) is 0 Å². The van der Waals surface area contributed by atoms with E-state index in [1.807, 2.05) is 68.4 Å². The molecular formula is C28H37N2O8S-. The number of carbonyl (C=O) groups is 1. The number of amides is 1. The molecule has 0 spiro atoms. The fourth-order valence-electron chi connectivity index (χ4n) is 4.81. The normalized spacial score (nSPS) is 22.9. The van der Waals surface area contributed by atoms with Gasteiger partial charge in [-0.05, 0) is 42.0 Å². The minimum absolute atomic E-state index is 0.0213. The Bertz CT molecular complexity index is 1070. The lowest BCUT2D eigenvalue weighted by molar-refractivity contribution is -0.0907. The van der Waals surface area contributed by atoms with Crippen LogP contribution in [-0.2, 0) is 38.5 Å². The molecule has 2 fully saturated rings. The number of carbonyl (C=O) groups excluding carboxylic acids is 1. The molecule has 2 aromatic rings. The number of aliphatic hydroxyl groups is 1. The van der Waals surface area contributed by atoms with Gasteiger partial charge in [-0.1, -0.05) is 56.3 Å². The molecule has 2 aromatic carbocycles. The molecule has 0 aliphatic carbocycles. The standard InChI is InChI=1S/C28H38N2O8S/c1-19(2)15-30(39(33)34)16-25(31)24(29-28(32)38-26-18-37-27-23(26)12-13-35-27)14-20-8-10-22(11-9-20)36-17-21-6-4-3-5-7-21/h3-11,19,23-27,31H,12-18H2,1-2H3,(H,29,32)(H,33,34)/p-1/t23-,24-,25+,26-,27+/m0/s1. The van der Waals surface area contributed by atoms with Gasteiger partial charge in [-0.3, -0.25) is 4.21 Å². The number of hydrogen-bond acceptors (Lipinski definition) is 8. The van der Waals surface area contributed by atoms with Crippen LogP contribution in [0.1, 0.15) is 31.4 Å². The number of fused-ring (bicyclic) bond motifs is 1. The Morgan fingerprint density at radius 1 is 1.13 bits per heavy atom. The molecule has 6 atom stereocenters. The van der Waals surface area contributed by atoms with Crippen LogP contribution in [0.4, 0.5) is 4.79 Å². The predicted molar refractivity (Wildman–Crippen MR) is 143 cm³/mol. The SMILES string of the molecule is CC(C)CN(C[C@@H](O)[C@H](Cc1ccc(OCc2ccccc2)cc1)NC(=O)O[C@H]1CO[C@H]2OCC[C@H]21)S(=O)[O-]. The van der Waals surface area contributed by atoms with Crippen molar-refractivity contribution >= 4 is 17.4 Å². The van der Waals surface area contributed by atoms with Gasteiger partial charge in [0, 0.05) is 24.4 Å². The summed E-state index contributed by atoms with van der Waals surface area (Å²) in [6.45, 7) is 5.11. The van der Waals surface area contributed by atoms with E-state index in [4.69, 9.17) is 18.9 Å². The number of rotatable bonds is 13. The molecule has 214 valence electrons. The first kappa shape index (κ1) is 29.4. The minimum atomic E-state index is -2.52. The largest absolute Gasteiger partial charge is 0.760 e. The van der Waals surface area contributed by atoms with Gasteiger partial charge >= 0.3 is 6.09 Å². The van der Waals surface area contributed by atoms with Crippen LogP contribution in [0.15, 0.2) is 54.6 Å². The quantitative estimate of drug-likeness (QED) is 0.357. The van der Waals surface area contributed by atoms with Crippen molar-refractivity contribution in [2.24, 2.45) is 11.8 Å². The monoisotopic (exact) mass is 561 g/mol. The van der Waals surface area contributed by atoms with Gasteiger partial charge in [0.2, 0.25) is 0 Å². The molecule has 39 heavy (non-hydrogen) atoms. The van der Waals surface area contributed by atoms with Gasteiger partial charge in [-0.15, -0.1) is 0 Å². The second-order valence-electron chi connectivity index (χ2n) is 10.4. The predicted octanol–water partition coefficient (Wildman–Crippen LogP) is 2.78. The average Bonchev–Trinajstić information content (AvgIpc) is 3.53. The summed E-state index contributed by atoms with van der Waals surface area (Å²) >= 11 is -2.52. The molecule has 2 aliphatic rings. The smallest absolute Gasteiger partial charge is 0.407 e. The van der Waals surface area contributed by atoms with E-state index in [9.17, 15) is 18.7 Å². The molecule has 2 aliphatic heterocycles. The summed E-state index contributed by atoms with van der Waals surface area (Å²) in [5.74, 6) is 0.734. The molecule has 0 saturated carbocycles. The fraction of sp³-hybridized carbons (Fsp3) is 0.536. The lowest BCUT2D eigenvalue weighted by Crippen LogP contribution is -2.51. The Balaban J connectivity index is 1.40. The number of aliphatic hydroxyl groups excluding tert-OH is 1. The summed E-state index contributed by atoms with van der Waals surface area (Å²) in [6, 6.07) is 16.4. The fourth-order valence-corrected chi connectivity index (χ4v) is 5.50. The van der Waals surface area contributed by atoms with Crippen LogP contribution >= 0.6 is 0 Å². The Morgan fingerprint density at radius 3 is 2.56 bits per heavy atom. The number of nitrogens with zero attached hydrogens (tertiary/aromatic N) is 1. The highest BCUT2D eigenvalue weighted by Gasteiger charge is 2.44. The van der Waals surface area contributed by atoms with Crippen molar-refractivity contribution in [1.82, 2.24) is 9.62 Å². The second-order valence-corrected chi connectivity index (χ2v) is 11.3. The molecule has 0 aromatic heterocycles. The molecule has 2 heterocycles. The van der Waals surface area contributed by atoms with E-state index >= 15 is 0 Å². The summed E-state index contributed by atoms with van der Waals surface area (Å²) in [5.41, 5.74) is 1.89. The van der Waals surface area contributed by atoms with E-state index < -0.39 is 35.6 Å². The zero-order chi connectivity index (χ0) is 27.8. The Hall–Kier alpha value is -2.54. The maximum atomic E-state index is 12.9. The van der Waals surface area contributed by atoms with Crippen LogP contribution in [0.25, 0.3) is 0 Å². The van der Waals surface area contributed by atoms with Gasteiger partial charge in [0.1, 0.15) is 18.5 Å². The Kier molecular flexibility index (Phi) is 10.7. The zero-order valence-corrected chi connectivity index (χ0v) is 23.1. The third-order valence-corrected chi connectivity index (χ3v) is 7.53. The van der Waals surface area contributed by atoms with Crippen LogP contribution in [0, 0.1) is 11.8 Å². The number of ether oxygens (including phenoxy) is 4. The van der Waals surface area contributed by atoms with E-state index in [1.165, 1.54) is 4.31 Å². The molecule has 4 rings (SSSR count). The summed E-state index contributed by atoms with van der Waals surface area (Å²) in [4.78, 5) is 12.9. The highest BCUT2D eigenvalue weighted by Crippen LogP contribution is 2.33. The molecule has 0 radical (unpaired) electrons. The first-order valence-electron chi connectivity index (χ1n) is 13.3. The molecular weight excluding hydrogens is 524 g/mol. The van der Waals surface area contributed by atoms with Gasteiger partial charge in [0.05, 0.1) is 31.3 Å². The van der Waals surface area contributed by atoms with E-state index in [0.717, 1.165) is 17.5 Å². The Labute approximate surface area is 232 Å². The third-order valence-electron chi connectivity index (χ3n) is 6.81. The van der Waals surface area contributed by atoms with Crippen molar-refractivity contribution in [3.63, 3.8) is 0 Å². The van der Waals surface area contributed by atoms with E-state index in [1.54, 1.807) is 0 Å². The molecule has 10 nitrogen and oxygen atoms in total. The van der Waals surface area contributed by atoms with Crippen LogP contribution in [-0.4, -0.2) is 75.1 Å². The van der Waals surface area contributed by atoms with Crippen molar-refractivity contribution < 1.29 is 37.6 Å². The van der Waals surface area contributed by atoms with Crippen molar-refractivity contribution in [3.05, 3.63) is 65.7 Å². The lowest BCUT2D eigenvalue weighted by atomic mass is 10.0. The van der Waals surface area contributed by atoms with Crippen molar-refractivity contribution in [2.75, 3.05) is 26.3 Å². The van der Waals surface area contributed by atoms with Crippen LogP contribution < -0.4 is 10.1 Å². The highest BCUT2D eigenvalue weighted by molar-refractivity contribution is 7.76. The highest BCUT2D eigenvalue weighted by atomic mass is 32.2. The summed E-state index contributed by atoms with van der Waals surface area (Å²) < 4.78 is 47.2. The first-order chi connectivity index (χ1) is 18.8. The van der Waals surface area contributed by atoms with E-state index in [-0.39, 0.29) is 44.2 Å². The summed E-state index contributed by atoms with van der Waals surface area (Å²) in [5, 5.41) is 13.8. The van der Waals surface area contributed by atoms with Crippen LogP contribution in [0.3, 0.4) is 0 Å². The van der Waals surface area contributed by atoms with Crippen LogP contribution in [0.5, 0.6) is 5.75 Å². The van der Waals surface area contributed by atoms with Gasteiger partial charge in [0.25, 0.3) is 0 Å². The number of alkyl carbamates (subject to hydrolysis) is 1. The lowest BCUT2D eigenvalue weighted by Gasteiger charge is -2.32. The number of hydrogen-bond donors (Lipinski definition) is 2. The molecule has 1 amide bonds. The number of benzene rings is 2.